The lowest BCUT2D eigenvalue weighted by Gasteiger charge is -2.20. The minimum Gasteiger partial charge on any atom is -0.357 e. The molecule has 6 nitrogen and oxygen atoms in total. The summed E-state index contributed by atoms with van der Waals surface area (Å²) in [4.78, 5) is 25.1. The average molecular weight is 403 g/mol. The lowest BCUT2D eigenvalue weighted by molar-refractivity contribution is -0.856. The SMILES string of the molecule is CCN(CC)c1cc(C)nc(SCc2cccc(C(=O)NCC[NH+](C)C)c2)n1. The van der Waals surface area contributed by atoms with Crippen LogP contribution in [0.25, 0.3) is 0 Å². The van der Waals surface area contributed by atoms with Crippen LogP contribution in [0.3, 0.4) is 0 Å². The third-order valence-electron chi connectivity index (χ3n) is 4.38. The Labute approximate surface area is 172 Å². The molecule has 0 aliphatic carbocycles. The Bertz CT molecular complexity index is 777. The summed E-state index contributed by atoms with van der Waals surface area (Å²) in [5, 5.41) is 3.74. The number of rotatable bonds is 10. The Hall–Kier alpha value is -2.12. The van der Waals surface area contributed by atoms with E-state index < -0.39 is 0 Å². The minimum atomic E-state index is -0.0243. The van der Waals surface area contributed by atoms with E-state index in [4.69, 9.17) is 4.98 Å². The second-order valence-corrected chi connectivity index (χ2v) is 7.97. The fourth-order valence-corrected chi connectivity index (χ4v) is 3.62. The average Bonchev–Trinajstić information content (AvgIpc) is 2.67. The Balaban J connectivity index is 2.02. The van der Waals surface area contributed by atoms with Crippen LogP contribution in [0.15, 0.2) is 35.5 Å². The number of benzene rings is 1. The van der Waals surface area contributed by atoms with Crippen LogP contribution in [-0.4, -0.2) is 56.1 Å². The summed E-state index contributed by atoms with van der Waals surface area (Å²) < 4.78 is 0. The van der Waals surface area contributed by atoms with Gasteiger partial charge in [-0.05, 0) is 38.5 Å². The molecule has 0 aliphatic heterocycles. The van der Waals surface area contributed by atoms with Crippen molar-refractivity contribution >= 4 is 23.5 Å². The second kappa shape index (κ2) is 11.0. The molecular weight excluding hydrogens is 370 g/mol. The van der Waals surface area contributed by atoms with Crippen molar-refractivity contribution in [2.75, 3.05) is 45.2 Å². The number of nitrogens with zero attached hydrogens (tertiary/aromatic N) is 3. The van der Waals surface area contributed by atoms with Crippen LogP contribution in [-0.2, 0) is 5.75 Å². The van der Waals surface area contributed by atoms with Crippen LogP contribution in [0, 0.1) is 6.92 Å². The maximum Gasteiger partial charge on any atom is 0.251 e. The number of hydrogen-bond acceptors (Lipinski definition) is 5. The normalized spacial score (nSPS) is 10.9. The maximum atomic E-state index is 12.3. The van der Waals surface area contributed by atoms with E-state index in [1.165, 1.54) is 4.90 Å². The largest absolute Gasteiger partial charge is 0.357 e. The van der Waals surface area contributed by atoms with Crippen molar-refractivity contribution < 1.29 is 9.69 Å². The third-order valence-corrected chi connectivity index (χ3v) is 5.29. The highest BCUT2D eigenvalue weighted by Gasteiger charge is 2.10. The molecule has 1 aromatic carbocycles. The van der Waals surface area contributed by atoms with Gasteiger partial charge in [0.1, 0.15) is 5.82 Å². The van der Waals surface area contributed by atoms with Gasteiger partial charge in [-0.25, -0.2) is 9.97 Å². The quantitative estimate of drug-likeness (QED) is 0.469. The van der Waals surface area contributed by atoms with Gasteiger partial charge in [0.25, 0.3) is 5.91 Å². The van der Waals surface area contributed by atoms with E-state index >= 15 is 0 Å². The van der Waals surface area contributed by atoms with Crippen molar-refractivity contribution in [1.82, 2.24) is 15.3 Å². The van der Waals surface area contributed by atoms with Crippen LogP contribution >= 0.6 is 11.8 Å². The summed E-state index contributed by atoms with van der Waals surface area (Å²) >= 11 is 1.60. The molecule has 0 radical (unpaired) electrons. The summed E-state index contributed by atoms with van der Waals surface area (Å²) in [7, 11) is 4.14. The van der Waals surface area contributed by atoms with Crippen molar-refractivity contribution in [3.63, 3.8) is 0 Å². The molecule has 2 N–H and O–H groups in total. The number of thioether (sulfide) groups is 1. The Morgan fingerprint density at radius 1 is 1.18 bits per heavy atom. The van der Waals surface area contributed by atoms with Crippen molar-refractivity contribution in [2.24, 2.45) is 0 Å². The molecule has 0 atom stereocenters. The summed E-state index contributed by atoms with van der Waals surface area (Å²) in [6, 6.07) is 9.80. The summed E-state index contributed by atoms with van der Waals surface area (Å²) in [6.45, 7) is 9.67. The molecule has 1 aromatic heterocycles. The molecule has 7 heteroatoms. The lowest BCUT2D eigenvalue weighted by atomic mass is 10.1. The first kappa shape index (κ1) is 22.2. The number of amides is 1. The van der Waals surface area contributed by atoms with Gasteiger partial charge in [0.15, 0.2) is 5.16 Å². The van der Waals surface area contributed by atoms with Gasteiger partial charge in [-0.3, -0.25) is 4.79 Å². The number of aryl methyl sites for hydroxylation is 1. The number of aromatic nitrogens is 2. The lowest BCUT2D eigenvalue weighted by Crippen LogP contribution is -3.06. The zero-order valence-electron chi connectivity index (χ0n) is 17.6. The highest BCUT2D eigenvalue weighted by molar-refractivity contribution is 7.98. The van der Waals surface area contributed by atoms with Gasteiger partial charge in [-0.15, -0.1) is 0 Å². The van der Waals surface area contributed by atoms with Gasteiger partial charge < -0.3 is 15.1 Å². The molecule has 0 spiro atoms. The number of carbonyl (C=O) groups is 1. The first-order valence-electron chi connectivity index (χ1n) is 9.82. The van der Waals surface area contributed by atoms with Crippen LogP contribution in [0.1, 0.15) is 35.5 Å². The molecule has 0 aliphatic rings. The van der Waals surface area contributed by atoms with Gasteiger partial charge in [-0.1, -0.05) is 23.9 Å². The number of carbonyl (C=O) groups excluding carboxylic acids is 1. The van der Waals surface area contributed by atoms with E-state index in [0.717, 1.165) is 47.6 Å². The van der Waals surface area contributed by atoms with E-state index in [1.807, 2.05) is 37.3 Å². The van der Waals surface area contributed by atoms with E-state index in [2.05, 4.69) is 43.1 Å². The van der Waals surface area contributed by atoms with E-state index in [0.29, 0.717) is 12.1 Å². The van der Waals surface area contributed by atoms with Crippen molar-refractivity contribution in [3.8, 4) is 0 Å². The fourth-order valence-electron chi connectivity index (χ4n) is 2.78. The first-order chi connectivity index (χ1) is 13.4. The van der Waals surface area contributed by atoms with Crippen LogP contribution in [0.2, 0.25) is 0 Å². The molecular formula is C21H32N5OS+. The molecule has 0 fully saturated rings. The van der Waals surface area contributed by atoms with Crippen molar-refractivity contribution in [2.45, 2.75) is 31.7 Å². The second-order valence-electron chi connectivity index (χ2n) is 7.02. The molecule has 152 valence electrons. The van der Waals surface area contributed by atoms with E-state index in [1.54, 1.807) is 11.8 Å². The fraction of sp³-hybridized carbons (Fsp3) is 0.476. The number of quaternary nitrogens is 1. The number of anilines is 1. The molecule has 0 saturated heterocycles. The van der Waals surface area contributed by atoms with Crippen LogP contribution in [0.4, 0.5) is 5.82 Å². The highest BCUT2D eigenvalue weighted by atomic mass is 32.2. The molecule has 0 bridgehead atoms. The number of nitrogens with one attached hydrogen (secondary N) is 2. The van der Waals surface area contributed by atoms with E-state index in [9.17, 15) is 4.79 Å². The minimum absolute atomic E-state index is 0.0243. The van der Waals surface area contributed by atoms with Crippen LogP contribution in [0.5, 0.6) is 0 Å². The van der Waals surface area contributed by atoms with Gasteiger partial charge >= 0.3 is 0 Å². The highest BCUT2D eigenvalue weighted by Crippen LogP contribution is 2.23. The zero-order valence-corrected chi connectivity index (χ0v) is 18.4. The Kier molecular flexibility index (Phi) is 8.73. The summed E-state index contributed by atoms with van der Waals surface area (Å²) in [6.07, 6.45) is 0. The molecule has 0 unspecified atom stereocenters. The van der Waals surface area contributed by atoms with Gasteiger partial charge in [0, 0.05) is 36.2 Å². The molecule has 28 heavy (non-hydrogen) atoms. The molecule has 1 amide bonds. The molecule has 2 rings (SSSR count). The number of hydrogen-bond donors (Lipinski definition) is 2. The molecule has 0 saturated carbocycles. The molecule has 1 heterocycles. The predicted molar refractivity (Wildman–Crippen MR) is 116 cm³/mol. The van der Waals surface area contributed by atoms with Crippen molar-refractivity contribution in [3.05, 3.63) is 47.2 Å². The van der Waals surface area contributed by atoms with Gasteiger partial charge in [0.05, 0.1) is 27.2 Å². The topological polar surface area (TPSA) is 62.6 Å². The summed E-state index contributed by atoms with van der Waals surface area (Å²) in [5.41, 5.74) is 2.75. The summed E-state index contributed by atoms with van der Waals surface area (Å²) in [5.74, 6) is 1.67. The number of likely N-dealkylation sites (N-methyl/N-ethyl adjacent to an activating group) is 1. The Morgan fingerprint density at radius 3 is 2.61 bits per heavy atom. The maximum absolute atomic E-state index is 12.3. The van der Waals surface area contributed by atoms with E-state index in [-0.39, 0.29) is 5.91 Å². The first-order valence-corrected chi connectivity index (χ1v) is 10.8. The van der Waals surface area contributed by atoms with Crippen LogP contribution < -0.4 is 15.1 Å². The van der Waals surface area contributed by atoms with Crippen molar-refractivity contribution in [1.29, 1.82) is 0 Å². The standard InChI is InChI=1S/C21H31N5OS/c1-6-26(7-2)19-13-16(3)23-21(24-19)28-15-17-9-8-10-18(14-17)20(27)22-11-12-25(4)5/h8-10,13-14H,6-7,11-12,15H2,1-5H3,(H,22,27)/p+1. The Morgan fingerprint density at radius 2 is 1.93 bits per heavy atom. The zero-order chi connectivity index (χ0) is 20.5. The van der Waals surface area contributed by atoms with Gasteiger partial charge in [-0.2, -0.15) is 0 Å². The smallest absolute Gasteiger partial charge is 0.251 e. The third kappa shape index (κ3) is 6.80. The predicted octanol–water partition coefficient (Wildman–Crippen LogP) is 1.80. The molecule has 2 aromatic rings. The monoisotopic (exact) mass is 402 g/mol. The van der Waals surface area contributed by atoms with Gasteiger partial charge in [0.2, 0.25) is 0 Å².